The number of para-hydroxylation sites is 1. The summed E-state index contributed by atoms with van der Waals surface area (Å²) < 4.78 is 16.2. The van der Waals surface area contributed by atoms with Gasteiger partial charge in [0, 0.05) is 18.7 Å². The van der Waals surface area contributed by atoms with Gasteiger partial charge in [0.05, 0.1) is 13.0 Å². The number of pyridine rings is 1. The third kappa shape index (κ3) is 5.81. The first-order chi connectivity index (χ1) is 13.9. The fourth-order valence-corrected chi connectivity index (χ4v) is 2.63. The number of carbonyl (C=O) groups excluding carboxylic acids is 2. The number of aromatic hydroxyl groups is 1. The monoisotopic (exact) mass is 399 g/mol. The Morgan fingerprint density at radius 1 is 1.21 bits per heavy atom. The summed E-state index contributed by atoms with van der Waals surface area (Å²) in [4.78, 5) is 28.8. The molecule has 7 heteroatoms. The molecule has 0 saturated carbocycles. The molecule has 0 amide bonds. The van der Waals surface area contributed by atoms with Crippen molar-refractivity contribution in [2.24, 2.45) is 5.92 Å². The summed E-state index contributed by atoms with van der Waals surface area (Å²) in [6.45, 7) is 7.03. The van der Waals surface area contributed by atoms with Crippen LogP contribution in [0.15, 0.2) is 55.3 Å². The number of carbonyl (C=O) groups is 2. The van der Waals surface area contributed by atoms with Gasteiger partial charge in [0.25, 0.3) is 0 Å². The molecule has 29 heavy (non-hydrogen) atoms. The number of ether oxygens (including phenoxy) is 3. The predicted octanol–water partition coefficient (Wildman–Crippen LogP) is 3.57. The fourth-order valence-electron chi connectivity index (χ4n) is 2.63. The molecular weight excluding hydrogens is 374 g/mol. The van der Waals surface area contributed by atoms with E-state index in [0.29, 0.717) is 5.75 Å². The van der Waals surface area contributed by atoms with Gasteiger partial charge in [-0.3, -0.25) is 9.59 Å². The van der Waals surface area contributed by atoms with Crippen LogP contribution in [0, 0.1) is 5.92 Å². The second kappa shape index (κ2) is 10.3. The summed E-state index contributed by atoms with van der Waals surface area (Å²) in [5.74, 6) is -1.39. The van der Waals surface area contributed by atoms with Crippen molar-refractivity contribution in [2.45, 2.75) is 32.5 Å². The lowest BCUT2D eigenvalue weighted by atomic mass is 10.0. The molecule has 0 spiro atoms. The van der Waals surface area contributed by atoms with Crippen molar-refractivity contribution in [1.29, 1.82) is 0 Å². The molecule has 1 heterocycles. The first-order valence-corrected chi connectivity index (χ1v) is 9.17. The molecule has 2 aromatic rings. The molecule has 7 nitrogen and oxygen atoms in total. The van der Waals surface area contributed by atoms with Gasteiger partial charge in [0.15, 0.2) is 29.1 Å². The highest BCUT2D eigenvalue weighted by atomic mass is 16.6. The Bertz CT molecular complexity index is 852. The summed E-state index contributed by atoms with van der Waals surface area (Å²) in [7, 11) is 1.37. The van der Waals surface area contributed by atoms with E-state index in [1.54, 1.807) is 26.0 Å². The van der Waals surface area contributed by atoms with Crippen molar-refractivity contribution in [3.8, 4) is 17.2 Å². The zero-order valence-corrected chi connectivity index (χ0v) is 16.7. The summed E-state index contributed by atoms with van der Waals surface area (Å²) in [6, 6.07) is 10.6. The first kappa shape index (κ1) is 21.9. The maximum absolute atomic E-state index is 12.5. The van der Waals surface area contributed by atoms with Gasteiger partial charge < -0.3 is 19.3 Å². The molecule has 0 aliphatic rings. The van der Waals surface area contributed by atoms with Gasteiger partial charge in [-0.15, -0.1) is 0 Å². The molecule has 3 atom stereocenters. The molecule has 1 N–H and O–H groups in total. The van der Waals surface area contributed by atoms with Gasteiger partial charge in [0.1, 0.15) is 11.9 Å². The second-order valence-corrected chi connectivity index (χ2v) is 6.51. The zero-order chi connectivity index (χ0) is 21.4. The standard InChI is InChI=1S/C22H25NO6/c1-5-18(15(3)28-16-9-7-6-8-10-16)29-22(26)14(2)13-17(24)20-21(25)19(27-4)11-12-23-20/h5-12,14-15,18,25H,1,13H2,2-4H3/t14-,15+,18-/m1/s1. The van der Waals surface area contributed by atoms with E-state index in [2.05, 4.69) is 11.6 Å². The highest BCUT2D eigenvalue weighted by molar-refractivity contribution is 5.99. The quantitative estimate of drug-likeness (QED) is 0.371. The average Bonchev–Trinajstić information content (AvgIpc) is 2.72. The molecule has 0 radical (unpaired) electrons. The molecule has 2 rings (SSSR count). The highest BCUT2D eigenvalue weighted by Crippen LogP contribution is 2.29. The van der Waals surface area contributed by atoms with Crippen LogP contribution in [0.1, 0.15) is 30.8 Å². The van der Waals surface area contributed by atoms with E-state index in [1.807, 2.05) is 18.2 Å². The lowest BCUT2D eigenvalue weighted by molar-refractivity contribution is -0.154. The molecule has 0 aliphatic heterocycles. The van der Waals surface area contributed by atoms with Gasteiger partial charge in [-0.25, -0.2) is 4.98 Å². The van der Waals surface area contributed by atoms with E-state index < -0.39 is 29.9 Å². The molecule has 0 aliphatic carbocycles. The fraction of sp³-hybridized carbons (Fsp3) is 0.318. The molecule has 0 saturated heterocycles. The number of hydrogen-bond donors (Lipinski definition) is 1. The summed E-state index contributed by atoms with van der Waals surface area (Å²) in [5, 5.41) is 10.1. The maximum atomic E-state index is 12.5. The normalized spacial score (nSPS) is 13.6. The van der Waals surface area contributed by atoms with E-state index in [1.165, 1.54) is 25.4 Å². The van der Waals surface area contributed by atoms with Crippen molar-refractivity contribution in [2.75, 3.05) is 7.11 Å². The number of benzene rings is 1. The minimum Gasteiger partial charge on any atom is -0.503 e. The molecule has 154 valence electrons. The van der Waals surface area contributed by atoms with Crippen LogP contribution in [-0.2, 0) is 9.53 Å². The van der Waals surface area contributed by atoms with Gasteiger partial charge in [-0.05, 0) is 25.1 Å². The van der Waals surface area contributed by atoms with Crippen LogP contribution in [0.25, 0.3) is 0 Å². The number of nitrogens with zero attached hydrogens (tertiary/aromatic N) is 1. The van der Waals surface area contributed by atoms with Gasteiger partial charge in [-0.1, -0.05) is 31.7 Å². The van der Waals surface area contributed by atoms with Crippen LogP contribution in [0.4, 0.5) is 0 Å². The van der Waals surface area contributed by atoms with Gasteiger partial charge in [-0.2, -0.15) is 0 Å². The minimum absolute atomic E-state index is 0.136. The predicted molar refractivity (Wildman–Crippen MR) is 107 cm³/mol. The number of methoxy groups -OCH3 is 1. The summed E-state index contributed by atoms with van der Waals surface area (Å²) >= 11 is 0. The van der Waals surface area contributed by atoms with E-state index in [0.717, 1.165) is 0 Å². The Labute approximate surface area is 169 Å². The first-order valence-electron chi connectivity index (χ1n) is 9.17. The number of ketones is 1. The van der Waals surface area contributed by atoms with Crippen molar-refractivity contribution in [1.82, 2.24) is 4.98 Å². The molecule has 0 fully saturated rings. The third-order valence-electron chi connectivity index (χ3n) is 4.28. The third-order valence-corrected chi connectivity index (χ3v) is 4.28. The number of Topliss-reactive ketones (excluding diaryl/α,β-unsaturated/α-hetero) is 1. The van der Waals surface area contributed by atoms with Crippen LogP contribution in [0.2, 0.25) is 0 Å². The molecule has 1 aromatic carbocycles. The Hall–Kier alpha value is -3.35. The van der Waals surface area contributed by atoms with Gasteiger partial charge in [0.2, 0.25) is 0 Å². The van der Waals surface area contributed by atoms with Gasteiger partial charge >= 0.3 is 5.97 Å². The minimum atomic E-state index is -0.749. The van der Waals surface area contributed by atoms with E-state index in [4.69, 9.17) is 14.2 Å². The second-order valence-electron chi connectivity index (χ2n) is 6.51. The lowest BCUT2D eigenvalue weighted by Gasteiger charge is -2.23. The van der Waals surface area contributed by atoms with E-state index >= 15 is 0 Å². The average molecular weight is 399 g/mol. The Kier molecular flexibility index (Phi) is 7.77. The van der Waals surface area contributed by atoms with Crippen molar-refractivity contribution in [3.05, 3.63) is 60.9 Å². The molecular formula is C22H25NO6. The van der Waals surface area contributed by atoms with Crippen molar-refractivity contribution in [3.63, 3.8) is 0 Å². The Morgan fingerprint density at radius 3 is 2.52 bits per heavy atom. The number of rotatable bonds is 10. The highest BCUT2D eigenvalue weighted by Gasteiger charge is 2.27. The summed E-state index contributed by atoms with van der Waals surface area (Å²) in [5.41, 5.74) is -0.148. The SMILES string of the molecule is C=C[C@@H](OC(=O)[C@H](C)CC(=O)c1nccc(OC)c1O)[C@H](C)Oc1ccccc1. The molecule has 0 unspecified atom stereocenters. The smallest absolute Gasteiger partial charge is 0.309 e. The lowest BCUT2D eigenvalue weighted by Crippen LogP contribution is -2.34. The van der Waals surface area contributed by atoms with Crippen molar-refractivity contribution >= 4 is 11.8 Å². The van der Waals surface area contributed by atoms with Crippen molar-refractivity contribution < 1.29 is 28.9 Å². The molecule has 0 bridgehead atoms. The van der Waals surface area contributed by atoms with E-state index in [-0.39, 0.29) is 23.6 Å². The van der Waals surface area contributed by atoms with E-state index in [9.17, 15) is 14.7 Å². The Balaban J connectivity index is 1.98. The summed E-state index contributed by atoms with van der Waals surface area (Å²) in [6.07, 6.45) is 1.50. The van der Waals surface area contributed by atoms with Crippen LogP contribution in [0.5, 0.6) is 17.2 Å². The topological polar surface area (TPSA) is 95.0 Å². The largest absolute Gasteiger partial charge is 0.503 e. The maximum Gasteiger partial charge on any atom is 0.309 e. The van der Waals surface area contributed by atoms with Crippen LogP contribution < -0.4 is 9.47 Å². The number of aromatic nitrogens is 1. The van der Waals surface area contributed by atoms with Crippen LogP contribution in [-0.4, -0.2) is 41.2 Å². The van der Waals surface area contributed by atoms with Crippen LogP contribution in [0.3, 0.4) is 0 Å². The Morgan fingerprint density at radius 2 is 1.90 bits per heavy atom. The zero-order valence-electron chi connectivity index (χ0n) is 16.7. The van der Waals surface area contributed by atoms with Crippen LogP contribution >= 0.6 is 0 Å². The number of esters is 1. The molecule has 1 aromatic heterocycles. The number of hydrogen-bond acceptors (Lipinski definition) is 7.